The fraction of sp³-hybridized carbons (Fsp3) is 0.182. The third-order valence-corrected chi connectivity index (χ3v) is 2.79. The molecule has 0 amide bonds. The Morgan fingerprint density at radius 1 is 1.29 bits per heavy atom. The van der Waals surface area contributed by atoms with Crippen molar-refractivity contribution < 1.29 is 0 Å². The van der Waals surface area contributed by atoms with E-state index in [1.54, 1.807) is 6.33 Å². The lowest BCUT2D eigenvalue weighted by Gasteiger charge is -2.05. The minimum Gasteiger partial charge on any atom is -0.369 e. The van der Waals surface area contributed by atoms with Gasteiger partial charge in [0, 0.05) is 7.05 Å². The summed E-state index contributed by atoms with van der Waals surface area (Å²) in [6.45, 7) is 0.572. The Morgan fingerprint density at radius 2 is 2.12 bits per heavy atom. The Hall–Kier alpha value is -2.37. The highest BCUT2D eigenvalue weighted by molar-refractivity contribution is 5.78. The van der Waals surface area contributed by atoms with Crippen LogP contribution in [-0.4, -0.2) is 24.3 Å². The van der Waals surface area contributed by atoms with Gasteiger partial charge in [0.05, 0.1) is 17.6 Å². The van der Waals surface area contributed by atoms with Crippen molar-refractivity contribution in [3.8, 4) is 0 Å². The number of aryl methyl sites for hydroxylation is 1. The maximum Gasteiger partial charge on any atom is 0.201 e. The number of hydrogen-bond donors (Lipinski definition) is 1. The first-order valence-electron chi connectivity index (χ1n) is 5.29. The molecule has 3 aromatic rings. The molecule has 0 unspecified atom stereocenters. The Bertz CT molecular complexity index is 665. The van der Waals surface area contributed by atoms with Crippen molar-refractivity contribution in [2.45, 2.75) is 6.54 Å². The number of aromatic nitrogens is 5. The van der Waals surface area contributed by atoms with Crippen molar-refractivity contribution in [1.82, 2.24) is 24.3 Å². The summed E-state index contributed by atoms with van der Waals surface area (Å²) in [6.07, 6.45) is 1.67. The molecule has 0 aliphatic carbocycles. The summed E-state index contributed by atoms with van der Waals surface area (Å²) in [5.74, 6) is 1.34. The van der Waals surface area contributed by atoms with Crippen LogP contribution in [0.5, 0.6) is 0 Å². The highest BCUT2D eigenvalue weighted by atomic mass is 15.3. The van der Waals surface area contributed by atoms with Crippen molar-refractivity contribution >= 4 is 17.0 Å². The van der Waals surface area contributed by atoms with Crippen LogP contribution in [0.25, 0.3) is 11.0 Å². The first-order valence-corrected chi connectivity index (χ1v) is 5.29. The van der Waals surface area contributed by atoms with E-state index in [0.29, 0.717) is 12.5 Å². The molecule has 0 saturated heterocycles. The van der Waals surface area contributed by atoms with E-state index in [9.17, 15) is 0 Å². The number of anilines is 1. The Balaban J connectivity index is 2.11. The van der Waals surface area contributed by atoms with E-state index in [4.69, 9.17) is 5.73 Å². The van der Waals surface area contributed by atoms with Crippen molar-refractivity contribution in [3.05, 3.63) is 36.4 Å². The van der Waals surface area contributed by atoms with Gasteiger partial charge < -0.3 is 14.9 Å². The first kappa shape index (κ1) is 9.83. The monoisotopic (exact) mass is 228 g/mol. The summed E-state index contributed by atoms with van der Waals surface area (Å²) < 4.78 is 3.80. The van der Waals surface area contributed by atoms with Crippen molar-refractivity contribution in [3.63, 3.8) is 0 Å². The molecule has 2 heterocycles. The van der Waals surface area contributed by atoms with E-state index in [2.05, 4.69) is 15.2 Å². The van der Waals surface area contributed by atoms with Gasteiger partial charge in [-0.2, -0.15) is 0 Å². The number of imidazole rings is 1. The molecule has 17 heavy (non-hydrogen) atoms. The Labute approximate surface area is 97.7 Å². The molecular weight excluding hydrogens is 216 g/mol. The second-order valence-corrected chi connectivity index (χ2v) is 3.90. The van der Waals surface area contributed by atoms with Gasteiger partial charge in [-0.15, -0.1) is 10.2 Å². The third kappa shape index (κ3) is 1.54. The zero-order valence-electron chi connectivity index (χ0n) is 9.41. The summed E-state index contributed by atoms with van der Waals surface area (Å²) in [6, 6.07) is 7.85. The number of nitrogens with two attached hydrogens (primary N) is 1. The van der Waals surface area contributed by atoms with Gasteiger partial charge in [-0.25, -0.2) is 4.98 Å². The fourth-order valence-corrected chi connectivity index (χ4v) is 1.85. The zero-order chi connectivity index (χ0) is 11.8. The molecule has 0 aliphatic rings. The molecule has 0 fully saturated rings. The molecule has 0 aliphatic heterocycles. The predicted octanol–water partition coefficient (Wildman–Crippen LogP) is 0.795. The lowest BCUT2D eigenvalue weighted by Crippen LogP contribution is -2.08. The second kappa shape index (κ2) is 3.58. The Morgan fingerprint density at radius 3 is 2.88 bits per heavy atom. The third-order valence-electron chi connectivity index (χ3n) is 2.79. The van der Waals surface area contributed by atoms with E-state index in [-0.39, 0.29) is 0 Å². The van der Waals surface area contributed by atoms with Crippen molar-refractivity contribution in [2.75, 3.05) is 5.73 Å². The van der Waals surface area contributed by atoms with E-state index < -0.39 is 0 Å². The standard InChI is InChI=1S/C11H12N6/c1-16-7-13-15-10(16)6-17-9-5-3-2-4-8(9)14-11(17)12/h2-5,7H,6H2,1H3,(H2,12,14). The van der Waals surface area contributed by atoms with Crippen LogP contribution in [0.1, 0.15) is 5.82 Å². The predicted molar refractivity (Wildman–Crippen MR) is 64.3 cm³/mol. The number of nitrogens with zero attached hydrogens (tertiary/aromatic N) is 5. The summed E-state index contributed by atoms with van der Waals surface area (Å²) in [7, 11) is 1.91. The van der Waals surface area contributed by atoms with Gasteiger partial charge in [0.25, 0.3) is 0 Å². The molecule has 2 aromatic heterocycles. The van der Waals surface area contributed by atoms with Crippen LogP contribution in [0, 0.1) is 0 Å². The molecular formula is C11H12N6. The van der Waals surface area contributed by atoms with E-state index >= 15 is 0 Å². The zero-order valence-corrected chi connectivity index (χ0v) is 9.41. The number of benzene rings is 1. The van der Waals surface area contributed by atoms with Gasteiger partial charge in [-0.3, -0.25) is 0 Å². The van der Waals surface area contributed by atoms with Gasteiger partial charge in [-0.1, -0.05) is 12.1 Å². The lowest BCUT2D eigenvalue weighted by atomic mass is 10.3. The molecule has 3 rings (SSSR count). The number of rotatable bonds is 2. The smallest absolute Gasteiger partial charge is 0.201 e. The average molecular weight is 228 g/mol. The van der Waals surface area contributed by atoms with Crippen molar-refractivity contribution in [2.24, 2.45) is 7.05 Å². The Kier molecular flexibility index (Phi) is 2.07. The van der Waals surface area contributed by atoms with Crippen LogP contribution in [0.15, 0.2) is 30.6 Å². The number of hydrogen-bond acceptors (Lipinski definition) is 4. The molecule has 0 saturated carbocycles. The summed E-state index contributed by atoms with van der Waals surface area (Å²) >= 11 is 0. The van der Waals surface area contributed by atoms with Crippen LogP contribution in [-0.2, 0) is 13.6 Å². The maximum atomic E-state index is 5.91. The van der Waals surface area contributed by atoms with Gasteiger partial charge in [0.1, 0.15) is 6.33 Å². The van der Waals surface area contributed by atoms with Crippen LogP contribution in [0.2, 0.25) is 0 Å². The van der Waals surface area contributed by atoms with E-state index in [1.165, 1.54) is 0 Å². The van der Waals surface area contributed by atoms with Crippen LogP contribution in [0.3, 0.4) is 0 Å². The molecule has 1 aromatic carbocycles. The topological polar surface area (TPSA) is 74.5 Å². The molecule has 0 atom stereocenters. The second-order valence-electron chi connectivity index (χ2n) is 3.90. The number of para-hydroxylation sites is 2. The molecule has 86 valence electrons. The quantitative estimate of drug-likeness (QED) is 0.703. The lowest BCUT2D eigenvalue weighted by molar-refractivity contribution is 0.718. The number of fused-ring (bicyclic) bond motifs is 1. The van der Waals surface area contributed by atoms with Gasteiger partial charge in [0.15, 0.2) is 5.82 Å². The minimum absolute atomic E-state index is 0.495. The van der Waals surface area contributed by atoms with Crippen LogP contribution in [0.4, 0.5) is 5.95 Å². The van der Waals surface area contributed by atoms with E-state index in [0.717, 1.165) is 16.9 Å². The highest BCUT2D eigenvalue weighted by Crippen LogP contribution is 2.18. The minimum atomic E-state index is 0.495. The van der Waals surface area contributed by atoms with Gasteiger partial charge in [0.2, 0.25) is 5.95 Å². The highest BCUT2D eigenvalue weighted by Gasteiger charge is 2.10. The normalized spacial score (nSPS) is 11.1. The van der Waals surface area contributed by atoms with Gasteiger partial charge in [-0.05, 0) is 12.1 Å². The summed E-state index contributed by atoms with van der Waals surface area (Å²) in [4.78, 5) is 4.31. The van der Waals surface area contributed by atoms with Crippen LogP contribution < -0.4 is 5.73 Å². The fourth-order valence-electron chi connectivity index (χ4n) is 1.85. The summed E-state index contributed by atoms with van der Waals surface area (Å²) in [5.41, 5.74) is 7.82. The molecule has 0 bridgehead atoms. The average Bonchev–Trinajstić information content (AvgIpc) is 2.85. The summed E-state index contributed by atoms with van der Waals surface area (Å²) in [5, 5.41) is 7.90. The van der Waals surface area contributed by atoms with E-state index in [1.807, 2.05) is 40.4 Å². The molecule has 6 nitrogen and oxygen atoms in total. The van der Waals surface area contributed by atoms with Crippen molar-refractivity contribution in [1.29, 1.82) is 0 Å². The first-order chi connectivity index (χ1) is 8.25. The van der Waals surface area contributed by atoms with Crippen LogP contribution >= 0.6 is 0 Å². The largest absolute Gasteiger partial charge is 0.369 e. The molecule has 0 spiro atoms. The maximum absolute atomic E-state index is 5.91. The molecule has 6 heteroatoms. The van der Waals surface area contributed by atoms with Gasteiger partial charge >= 0.3 is 0 Å². The molecule has 2 N–H and O–H groups in total. The molecule has 0 radical (unpaired) electrons. The number of nitrogen functional groups attached to an aromatic ring is 1. The SMILES string of the molecule is Cn1cnnc1Cn1c(N)nc2ccccc21.